The first kappa shape index (κ1) is 25.8. The van der Waals surface area contributed by atoms with Gasteiger partial charge in [0.05, 0.1) is 17.9 Å². The SMILES string of the molecule is N[C@@H](Cc1ccc(O)cc1)C(=O)N1CCC[C@H]1C(=O)N[C@@H](Cc1ccccc1)C(=O)Nc1cccnc1. The summed E-state index contributed by atoms with van der Waals surface area (Å²) in [5, 5.41) is 15.2. The summed E-state index contributed by atoms with van der Waals surface area (Å²) in [6, 6.07) is 17.0. The minimum atomic E-state index is -0.849. The third-order valence-electron chi connectivity index (χ3n) is 6.39. The lowest BCUT2D eigenvalue weighted by Gasteiger charge is -2.28. The molecule has 37 heavy (non-hydrogen) atoms. The predicted molar refractivity (Wildman–Crippen MR) is 139 cm³/mol. The molecule has 0 radical (unpaired) electrons. The van der Waals surface area contributed by atoms with Crippen LogP contribution in [-0.2, 0) is 27.2 Å². The number of phenolic OH excluding ortho intramolecular Hbond substituents is 1. The molecular formula is C28H31N5O4. The molecule has 1 aliphatic rings. The van der Waals surface area contributed by atoms with Crippen LogP contribution in [0.5, 0.6) is 5.75 Å². The minimum absolute atomic E-state index is 0.137. The van der Waals surface area contributed by atoms with Crippen LogP contribution < -0.4 is 16.4 Å². The number of nitrogens with two attached hydrogens (primary N) is 1. The first-order chi connectivity index (χ1) is 17.9. The van der Waals surface area contributed by atoms with E-state index >= 15 is 0 Å². The number of likely N-dealkylation sites (tertiary alicyclic amines) is 1. The van der Waals surface area contributed by atoms with Crippen LogP contribution in [0.25, 0.3) is 0 Å². The van der Waals surface area contributed by atoms with Gasteiger partial charge in [0.15, 0.2) is 0 Å². The molecule has 9 heteroatoms. The number of aromatic nitrogens is 1. The lowest BCUT2D eigenvalue weighted by Crippen LogP contribution is -2.55. The molecule has 0 spiro atoms. The average molecular weight is 502 g/mol. The van der Waals surface area contributed by atoms with Crippen molar-refractivity contribution in [1.29, 1.82) is 0 Å². The van der Waals surface area contributed by atoms with Crippen LogP contribution in [0.3, 0.4) is 0 Å². The molecule has 2 heterocycles. The number of carbonyl (C=O) groups excluding carboxylic acids is 3. The van der Waals surface area contributed by atoms with Crippen LogP contribution in [0.4, 0.5) is 5.69 Å². The second-order valence-corrected chi connectivity index (χ2v) is 9.15. The molecule has 0 saturated carbocycles. The zero-order valence-electron chi connectivity index (χ0n) is 20.4. The third-order valence-corrected chi connectivity index (χ3v) is 6.39. The summed E-state index contributed by atoms with van der Waals surface area (Å²) in [7, 11) is 0. The Morgan fingerprint density at radius 3 is 2.43 bits per heavy atom. The number of nitrogens with zero attached hydrogens (tertiary/aromatic N) is 2. The summed E-state index contributed by atoms with van der Waals surface area (Å²) in [5.74, 6) is -0.933. The molecule has 0 aliphatic carbocycles. The first-order valence-corrected chi connectivity index (χ1v) is 12.3. The van der Waals surface area contributed by atoms with Crippen LogP contribution in [0.2, 0.25) is 0 Å². The molecular weight excluding hydrogens is 470 g/mol. The van der Waals surface area contributed by atoms with E-state index in [-0.39, 0.29) is 29.9 Å². The van der Waals surface area contributed by atoms with Gasteiger partial charge in [-0.25, -0.2) is 0 Å². The number of aromatic hydroxyl groups is 1. The maximum absolute atomic E-state index is 13.4. The van der Waals surface area contributed by atoms with Crippen LogP contribution in [0.15, 0.2) is 79.1 Å². The highest BCUT2D eigenvalue weighted by molar-refractivity contribution is 5.98. The average Bonchev–Trinajstić information content (AvgIpc) is 3.40. The second-order valence-electron chi connectivity index (χ2n) is 9.15. The summed E-state index contributed by atoms with van der Waals surface area (Å²) in [4.78, 5) is 45.2. The molecule has 1 fully saturated rings. The largest absolute Gasteiger partial charge is 0.508 e. The van der Waals surface area contributed by atoms with Gasteiger partial charge in [0, 0.05) is 19.2 Å². The number of benzene rings is 2. The smallest absolute Gasteiger partial charge is 0.247 e. The maximum atomic E-state index is 13.4. The Morgan fingerprint density at radius 2 is 1.73 bits per heavy atom. The van der Waals surface area contributed by atoms with Gasteiger partial charge in [0.25, 0.3) is 0 Å². The highest BCUT2D eigenvalue weighted by Gasteiger charge is 2.37. The Hall–Kier alpha value is -4.24. The van der Waals surface area contributed by atoms with Crippen molar-refractivity contribution < 1.29 is 19.5 Å². The number of hydrogen-bond donors (Lipinski definition) is 4. The highest BCUT2D eigenvalue weighted by atomic mass is 16.3. The van der Waals surface area contributed by atoms with Gasteiger partial charge in [-0.15, -0.1) is 0 Å². The van der Waals surface area contributed by atoms with Crippen molar-refractivity contribution in [1.82, 2.24) is 15.2 Å². The summed E-state index contributed by atoms with van der Waals surface area (Å²) < 4.78 is 0. The Kier molecular flexibility index (Phi) is 8.48. The lowest BCUT2D eigenvalue weighted by atomic mass is 10.0. The van der Waals surface area contributed by atoms with Crippen molar-refractivity contribution in [3.05, 3.63) is 90.3 Å². The van der Waals surface area contributed by atoms with Crippen molar-refractivity contribution in [3.63, 3.8) is 0 Å². The summed E-state index contributed by atoms with van der Waals surface area (Å²) in [5.41, 5.74) is 8.44. The molecule has 3 atom stereocenters. The lowest BCUT2D eigenvalue weighted by molar-refractivity contribution is -0.140. The van der Waals surface area contributed by atoms with E-state index in [1.54, 1.807) is 42.6 Å². The van der Waals surface area contributed by atoms with E-state index in [1.807, 2.05) is 30.3 Å². The van der Waals surface area contributed by atoms with E-state index in [9.17, 15) is 19.5 Å². The van der Waals surface area contributed by atoms with Crippen LogP contribution in [0.1, 0.15) is 24.0 Å². The molecule has 0 unspecified atom stereocenters. The number of nitrogens with one attached hydrogen (secondary N) is 2. The third kappa shape index (κ3) is 6.92. The summed E-state index contributed by atoms with van der Waals surface area (Å²) in [6.07, 6.45) is 4.88. The molecule has 1 saturated heterocycles. The molecule has 192 valence electrons. The number of carbonyl (C=O) groups is 3. The number of anilines is 1. The van der Waals surface area contributed by atoms with E-state index in [0.29, 0.717) is 31.5 Å². The minimum Gasteiger partial charge on any atom is -0.508 e. The standard InChI is InChI=1S/C28H31N5O4/c29-23(16-20-10-12-22(34)13-11-20)28(37)33-15-5-9-25(33)27(36)32-24(17-19-6-2-1-3-7-19)26(35)31-21-8-4-14-30-18-21/h1-4,6-8,10-14,18,23-25,34H,5,9,15-17,29H2,(H,31,35)(H,32,36)/t23-,24-,25-/m0/s1. The molecule has 1 aliphatic heterocycles. The monoisotopic (exact) mass is 501 g/mol. The summed E-state index contributed by atoms with van der Waals surface area (Å²) in [6.45, 7) is 0.422. The number of amides is 3. The molecule has 3 amide bonds. The van der Waals surface area contributed by atoms with Crippen LogP contribution in [0, 0.1) is 0 Å². The highest BCUT2D eigenvalue weighted by Crippen LogP contribution is 2.20. The Bertz CT molecular complexity index is 1200. The van der Waals surface area contributed by atoms with Gasteiger partial charge in [-0.2, -0.15) is 0 Å². The van der Waals surface area contributed by atoms with Gasteiger partial charge in [0.1, 0.15) is 17.8 Å². The Morgan fingerprint density at radius 1 is 1.00 bits per heavy atom. The molecule has 2 aromatic carbocycles. The number of phenols is 1. The van der Waals surface area contributed by atoms with E-state index in [4.69, 9.17) is 5.73 Å². The van der Waals surface area contributed by atoms with E-state index in [0.717, 1.165) is 11.1 Å². The molecule has 5 N–H and O–H groups in total. The predicted octanol–water partition coefficient (Wildman–Crippen LogP) is 2.01. The molecule has 3 aromatic rings. The second kappa shape index (κ2) is 12.1. The van der Waals surface area contributed by atoms with Gasteiger partial charge in [-0.3, -0.25) is 19.4 Å². The summed E-state index contributed by atoms with van der Waals surface area (Å²) >= 11 is 0. The topological polar surface area (TPSA) is 138 Å². The number of rotatable bonds is 9. The van der Waals surface area contributed by atoms with Gasteiger partial charge in [-0.05, 0) is 54.7 Å². The molecule has 9 nitrogen and oxygen atoms in total. The quantitative estimate of drug-likeness (QED) is 0.354. The normalized spacial score (nSPS) is 16.6. The van der Waals surface area contributed by atoms with Crippen molar-refractivity contribution in [2.45, 2.75) is 43.8 Å². The Balaban J connectivity index is 1.44. The zero-order chi connectivity index (χ0) is 26.2. The van der Waals surface area contributed by atoms with Crippen molar-refractivity contribution >= 4 is 23.4 Å². The van der Waals surface area contributed by atoms with Gasteiger partial charge >= 0.3 is 0 Å². The first-order valence-electron chi connectivity index (χ1n) is 12.3. The van der Waals surface area contributed by atoms with Gasteiger partial charge < -0.3 is 26.4 Å². The van der Waals surface area contributed by atoms with Crippen molar-refractivity contribution in [2.75, 3.05) is 11.9 Å². The maximum Gasteiger partial charge on any atom is 0.247 e. The molecule has 1 aromatic heterocycles. The zero-order valence-corrected chi connectivity index (χ0v) is 20.4. The van der Waals surface area contributed by atoms with Crippen molar-refractivity contribution in [3.8, 4) is 5.75 Å². The van der Waals surface area contributed by atoms with E-state index < -0.39 is 18.1 Å². The van der Waals surface area contributed by atoms with E-state index in [2.05, 4.69) is 15.6 Å². The Labute approximate surface area is 215 Å². The number of pyridine rings is 1. The molecule has 4 rings (SSSR count). The van der Waals surface area contributed by atoms with E-state index in [1.165, 1.54) is 11.1 Å². The molecule has 0 bridgehead atoms. The van der Waals surface area contributed by atoms with Crippen LogP contribution in [-0.4, -0.2) is 57.4 Å². The fourth-order valence-electron chi connectivity index (χ4n) is 4.48. The van der Waals surface area contributed by atoms with Gasteiger partial charge in [0.2, 0.25) is 17.7 Å². The fraction of sp³-hybridized carbons (Fsp3) is 0.286. The fourth-order valence-corrected chi connectivity index (χ4v) is 4.48. The van der Waals surface area contributed by atoms with Gasteiger partial charge in [-0.1, -0.05) is 42.5 Å². The number of hydrogen-bond acceptors (Lipinski definition) is 6. The van der Waals surface area contributed by atoms with Crippen LogP contribution >= 0.6 is 0 Å². The van der Waals surface area contributed by atoms with Crippen molar-refractivity contribution in [2.24, 2.45) is 5.73 Å².